The van der Waals surface area contributed by atoms with Crippen LogP contribution in [0, 0.1) is 0 Å². The van der Waals surface area contributed by atoms with Gasteiger partial charge >= 0.3 is 5.69 Å². The molecule has 3 rings (SSSR count). The quantitative estimate of drug-likeness (QED) is 0.679. The molecule has 18 heavy (non-hydrogen) atoms. The van der Waals surface area contributed by atoms with E-state index in [-0.39, 0.29) is 5.69 Å². The summed E-state index contributed by atoms with van der Waals surface area (Å²) < 4.78 is 5.87. The van der Waals surface area contributed by atoms with Gasteiger partial charge in [0.15, 0.2) is 0 Å². The van der Waals surface area contributed by atoms with Gasteiger partial charge in [-0.15, -0.1) is 0 Å². The number of aromatic amines is 2. The summed E-state index contributed by atoms with van der Waals surface area (Å²) in [7, 11) is 0. The molecule has 1 atom stereocenters. The topological polar surface area (TPSA) is 82.0 Å². The van der Waals surface area contributed by atoms with Crippen LogP contribution in [0.25, 0.3) is 11.0 Å². The van der Waals surface area contributed by atoms with Crippen LogP contribution in [0.5, 0.6) is 0 Å². The van der Waals surface area contributed by atoms with Crippen molar-refractivity contribution in [2.75, 3.05) is 0 Å². The lowest BCUT2D eigenvalue weighted by Crippen LogP contribution is -1.99. The van der Waals surface area contributed by atoms with Crippen molar-refractivity contribution >= 4 is 27.0 Å². The van der Waals surface area contributed by atoms with Crippen LogP contribution < -0.4 is 5.69 Å². The predicted molar refractivity (Wildman–Crippen MR) is 69.4 cm³/mol. The molecule has 0 amide bonds. The number of nitrogens with one attached hydrogen (secondary N) is 2. The SMILES string of the molecule is O=c1[nH]c2cc(Br)c(C(O)c3ccco3)cc2[nH]1. The van der Waals surface area contributed by atoms with E-state index in [1.165, 1.54) is 6.26 Å². The maximum absolute atomic E-state index is 11.2. The van der Waals surface area contributed by atoms with Gasteiger partial charge in [0.25, 0.3) is 0 Å². The number of hydrogen-bond donors (Lipinski definition) is 3. The molecule has 92 valence electrons. The minimum atomic E-state index is -0.878. The number of halogens is 1. The molecule has 0 spiro atoms. The molecule has 2 heterocycles. The highest BCUT2D eigenvalue weighted by Crippen LogP contribution is 2.31. The van der Waals surface area contributed by atoms with Crippen LogP contribution in [-0.2, 0) is 0 Å². The Morgan fingerprint density at radius 3 is 2.67 bits per heavy atom. The molecule has 2 aromatic heterocycles. The Morgan fingerprint density at radius 2 is 2.00 bits per heavy atom. The van der Waals surface area contributed by atoms with Gasteiger partial charge in [-0.05, 0) is 24.3 Å². The van der Waals surface area contributed by atoms with Gasteiger partial charge in [0.05, 0.1) is 17.3 Å². The molecule has 0 saturated heterocycles. The van der Waals surface area contributed by atoms with Crippen molar-refractivity contribution in [2.24, 2.45) is 0 Å². The average molecular weight is 309 g/mol. The summed E-state index contributed by atoms with van der Waals surface area (Å²) in [5.74, 6) is 0.452. The van der Waals surface area contributed by atoms with E-state index in [1.54, 1.807) is 24.3 Å². The van der Waals surface area contributed by atoms with E-state index < -0.39 is 6.10 Å². The van der Waals surface area contributed by atoms with Crippen molar-refractivity contribution in [3.63, 3.8) is 0 Å². The summed E-state index contributed by atoms with van der Waals surface area (Å²) in [4.78, 5) is 16.5. The van der Waals surface area contributed by atoms with Crippen molar-refractivity contribution < 1.29 is 9.52 Å². The van der Waals surface area contributed by atoms with Gasteiger partial charge in [0.1, 0.15) is 11.9 Å². The number of furan rings is 1. The van der Waals surface area contributed by atoms with E-state index >= 15 is 0 Å². The second kappa shape index (κ2) is 4.15. The zero-order valence-electron chi connectivity index (χ0n) is 9.11. The number of aliphatic hydroxyl groups excluding tert-OH is 1. The van der Waals surface area contributed by atoms with Crippen molar-refractivity contribution in [1.82, 2.24) is 9.97 Å². The maximum Gasteiger partial charge on any atom is 0.323 e. The number of fused-ring (bicyclic) bond motifs is 1. The molecule has 1 aromatic carbocycles. The first-order chi connectivity index (χ1) is 8.65. The van der Waals surface area contributed by atoms with E-state index in [0.717, 1.165) is 0 Å². The molecule has 0 saturated carbocycles. The summed E-state index contributed by atoms with van der Waals surface area (Å²) in [6, 6.07) is 6.86. The lowest BCUT2D eigenvalue weighted by atomic mass is 10.1. The molecular weight excluding hydrogens is 300 g/mol. The monoisotopic (exact) mass is 308 g/mol. The van der Waals surface area contributed by atoms with E-state index in [9.17, 15) is 9.90 Å². The largest absolute Gasteiger partial charge is 0.466 e. The zero-order chi connectivity index (χ0) is 12.7. The standard InChI is InChI=1S/C12H9BrN2O3/c13-7-5-9-8(14-12(17)15-9)4-6(7)11(16)10-2-1-3-18-10/h1-5,11,16H,(H2,14,15,17). The van der Waals surface area contributed by atoms with Crippen LogP contribution in [-0.4, -0.2) is 15.1 Å². The van der Waals surface area contributed by atoms with Gasteiger partial charge < -0.3 is 19.5 Å². The average Bonchev–Trinajstić information content (AvgIpc) is 2.94. The number of hydrogen-bond acceptors (Lipinski definition) is 3. The molecule has 0 bridgehead atoms. The summed E-state index contributed by atoms with van der Waals surface area (Å²) in [6.07, 6.45) is 0.626. The third-order valence-corrected chi connectivity index (χ3v) is 3.43. The lowest BCUT2D eigenvalue weighted by molar-refractivity contribution is 0.189. The van der Waals surface area contributed by atoms with Crippen LogP contribution >= 0.6 is 15.9 Å². The van der Waals surface area contributed by atoms with Gasteiger partial charge in [-0.2, -0.15) is 0 Å². The fourth-order valence-electron chi connectivity index (χ4n) is 1.88. The first-order valence-corrected chi connectivity index (χ1v) is 6.07. The summed E-state index contributed by atoms with van der Waals surface area (Å²) in [6.45, 7) is 0. The highest BCUT2D eigenvalue weighted by Gasteiger charge is 2.17. The molecule has 3 N–H and O–H groups in total. The number of benzene rings is 1. The number of aromatic nitrogens is 2. The van der Waals surface area contributed by atoms with E-state index in [2.05, 4.69) is 25.9 Å². The van der Waals surface area contributed by atoms with Crippen LogP contribution in [0.4, 0.5) is 0 Å². The maximum atomic E-state index is 11.2. The minimum Gasteiger partial charge on any atom is -0.466 e. The fraction of sp³-hybridized carbons (Fsp3) is 0.0833. The Hall–Kier alpha value is -1.79. The summed E-state index contributed by atoms with van der Waals surface area (Å²) in [5, 5.41) is 10.2. The Labute approximate surface area is 110 Å². The molecule has 5 nitrogen and oxygen atoms in total. The van der Waals surface area contributed by atoms with Crippen molar-refractivity contribution in [2.45, 2.75) is 6.10 Å². The number of H-pyrrole nitrogens is 2. The molecule has 0 radical (unpaired) electrons. The van der Waals surface area contributed by atoms with Crippen LogP contribution in [0.1, 0.15) is 17.4 Å². The fourth-order valence-corrected chi connectivity index (χ4v) is 2.44. The lowest BCUT2D eigenvalue weighted by Gasteiger charge is -2.10. The van der Waals surface area contributed by atoms with Crippen LogP contribution in [0.3, 0.4) is 0 Å². The summed E-state index contributed by atoms with van der Waals surface area (Å²) >= 11 is 3.38. The predicted octanol–water partition coefficient (Wildman–Crippen LogP) is 2.29. The zero-order valence-corrected chi connectivity index (χ0v) is 10.7. The Kier molecular flexibility index (Phi) is 2.61. The molecule has 6 heteroatoms. The van der Waals surface area contributed by atoms with Crippen molar-refractivity contribution in [1.29, 1.82) is 0 Å². The van der Waals surface area contributed by atoms with Crippen LogP contribution in [0.15, 0.2) is 44.2 Å². The Bertz CT molecular complexity index is 742. The van der Waals surface area contributed by atoms with Gasteiger partial charge in [0.2, 0.25) is 0 Å². The molecule has 0 aliphatic heterocycles. The Balaban J connectivity index is 2.16. The number of imidazole rings is 1. The van der Waals surface area contributed by atoms with Gasteiger partial charge in [-0.3, -0.25) is 0 Å². The van der Waals surface area contributed by atoms with Gasteiger partial charge in [-0.1, -0.05) is 15.9 Å². The van der Waals surface area contributed by atoms with Gasteiger partial charge in [0, 0.05) is 10.0 Å². The smallest absolute Gasteiger partial charge is 0.323 e. The highest BCUT2D eigenvalue weighted by molar-refractivity contribution is 9.10. The van der Waals surface area contributed by atoms with E-state index in [4.69, 9.17) is 4.42 Å². The molecule has 0 aliphatic rings. The van der Waals surface area contributed by atoms with Crippen molar-refractivity contribution in [3.8, 4) is 0 Å². The van der Waals surface area contributed by atoms with Crippen LogP contribution in [0.2, 0.25) is 0 Å². The Morgan fingerprint density at radius 1 is 1.28 bits per heavy atom. The second-order valence-corrected chi connectivity index (χ2v) is 4.77. The first-order valence-electron chi connectivity index (χ1n) is 5.28. The number of aliphatic hydroxyl groups is 1. The second-order valence-electron chi connectivity index (χ2n) is 3.92. The summed E-state index contributed by atoms with van der Waals surface area (Å²) in [5.41, 5.74) is 1.68. The molecule has 3 aromatic rings. The third-order valence-electron chi connectivity index (χ3n) is 2.74. The number of rotatable bonds is 2. The normalized spacial score (nSPS) is 13.0. The minimum absolute atomic E-state index is 0.276. The molecule has 1 unspecified atom stereocenters. The van der Waals surface area contributed by atoms with Crippen molar-refractivity contribution in [3.05, 3.63) is 56.8 Å². The van der Waals surface area contributed by atoms with Gasteiger partial charge in [-0.25, -0.2) is 4.79 Å². The third kappa shape index (κ3) is 1.79. The first kappa shape index (κ1) is 11.3. The van der Waals surface area contributed by atoms with E-state index in [1.807, 2.05) is 0 Å². The van der Waals surface area contributed by atoms with E-state index in [0.29, 0.717) is 26.8 Å². The molecule has 0 aliphatic carbocycles. The highest BCUT2D eigenvalue weighted by atomic mass is 79.9. The molecule has 0 fully saturated rings. The molecular formula is C12H9BrN2O3.